The molecule has 0 bridgehead atoms. The summed E-state index contributed by atoms with van der Waals surface area (Å²) in [4.78, 5) is 8.67. The Morgan fingerprint density at radius 2 is 2.24 bits per heavy atom. The average Bonchev–Trinajstić information content (AvgIpc) is 2.89. The predicted octanol–water partition coefficient (Wildman–Crippen LogP) is 2.03. The second-order valence-corrected chi connectivity index (χ2v) is 6.15. The number of anilines is 3. The molecule has 1 heterocycles. The number of thioether (sulfide) groups is 1. The van der Waals surface area contributed by atoms with Gasteiger partial charge in [-0.15, -0.1) is 0 Å². The van der Waals surface area contributed by atoms with Crippen molar-refractivity contribution in [2.45, 2.75) is 43.8 Å². The van der Waals surface area contributed by atoms with Crippen LogP contribution in [0.1, 0.15) is 32.6 Å². The van der Waals surface area contributed by atoms with Crippen LogP contribution >= 0.6 is 11.8 Å². The van der Waals surface area contributed by atoms with Gasteiger partial charge in [0.15, 0.2) is 16.8 Å². The lowest BCUT2D eigenvalue weighted by Crippen LogP contribution is -2.17. The van der Waals surface area contributed by atoms with Gasteiger partial charge in [-0.05, 0) is 25.7 Å². The molecule has 1 atom stereocenters. The van der Waals surface area contributed by atoms with Gasteiger partial charge in [0.1, 0.15) is 5.69 Å². The van der Waals surface area contributed by atoms with E-state index in [1.807, 2.05) is 0 Å². The summed E-state index contributed by atoms with van der Waals surface area (Å²) in [7, 11) is 0. The molecule has 0 radical (unpaired) electrons. The lowest BCUT2D eigenvalue weighted by Gasteiger charge is -2.15. The van der Waals surface area contributed by atoms with E-state index in [1.54, 1.807) is 11.8 Å². The fourth-order valence-electron chi connectivity index (χ4n) is 2.27. The molecule has 1 aromatic heterocycles. The van der Waals surface area contributed by atoms with E-state index in [0.717, 1.165) is 31.4 Å². The lowest BCUT2D eigenvalue weighted by molar-refractivity contribution is 0.298. The molecule has 0 aromatic carbocycles. The third-order valence-corrected chi connectivity index (χ3v) is 4.41. The van der Waals surface area contributed by atoms with Crippen molar-refractivity contribution in [2.75, 3.05) is 29.1 Å². The molecule has 6 N–H and O–H groups in total. The number of nitrogens with two attached hydrogens (primary N) is 2. The van der Waals surface area contributed by atoms with Gasteiger partial charge in [0.2, 0.25) is 0 Å². The van der Waals surface area contributed by atoms with E-state index in [1.165, 1.54) is 5.57 Å². The van der Waals surface area contributed by atoms with Gasteiger partial charge in [0, 0.05) is 18.4 Å². The van der Waals surface area contributed by atoms with Gasteiger partial charge in [0.05, 0.1) is 0 Å². The molecule has 1 unspecified atom stereocenters. The lowest BCUT2D eigenvalue weighted by atomic mass is 10.2. The molecular weight excluding hydrogens is 286 g/mol. The highest BCUT2D eigenvalue weighted by molar-refractivity contribution is 7.99. The van der Waals surface area contributed by atoms with Crippen LogP contribution in [0.15, 0.2) is 16.8 Å². The van der Waals surface area contributed by atoms with Crippen LogP contribution in [0.4, 0.5) is 17.3 Å². The van der Waals surface area contributed by atoms with Crippen molar-refractivity contribution in [2.24, 2.45) is 0 Å². The summed E-state index contributed by atoms with van der Waals surface area (Å²) in [6.07, 6.45) is 5.91. The van der Waals surface area contributed by atoms with Crippen molar-refractivity contribution in [1.29, 1.82) is 0 Å². The average molecular weight is 309 g/mol. The molecule has 6 nitrogen and oxygen atoms in total. The standard InChI is InChI=1S/C14H23N5OS/c1-2-7-21-14-18-12(16)11(15)13(19-14)17-10-4-3-9(8-10)5-6-20/h8,10,20H,2-7,15H2,1H3,(H3,16,17,18,19). The summed E-state index contributed by atoms with van der Waals surface area (Å²) in [5, 5.41) is 13.0. The van der Waals surface area contributed by atoms with Crippen LogP contribution in [-0.2, 0) is 0 Å². The van der Waals surface area contributed by atoms with Crippen molar-refractivity contribution < 1.29 is 5.11 Å². The summed E-state index contributed by atoms with van der Waals surface area (Å²) < 4.78 is 0. The number of nitrogens with zero attached hydrogens (tertiary/aromatic N) is 2. The van der Waals surface area contributed by atoms with E-state index in [2.05, 4.69) is 28.3 Å². The topological polar surface area (TPSA) is 110 Å². The van der Waals surface area contributed by atoms with Crippen LogP contribution in [0.5, 0.6) is 0 Å². The molecule has 116 valence electrons. The van der Waals surface area contributed by atoms with Gasteiger partial charge in [0.25, 0.3) is 0 Å². The van der Waals surface area contributed by atoms with Crippen molar-refractivity contribution in [3.05, 3.63) is 11.6 Å². The van der Waals surface area contributed by atoms with E-state index >= 15 is 0 Å². The van der Waals surface area contributed by atoms with Gasteiger partial charge in [-0.25, -0.2) is 9.97 Å². The molecule has 1 aliphatic rings. The fraction of sp³-hybridized carbons (Fsp3) is 0.571. The number of nitrogen functional groups attached to an aromatic ring is 2. The first-order chi connectivity index (χ1) is 10.1. The summed E-state index contributed by atoms with van der Waals surface area (Å²) >= 11 is 1.58. The minimum absolute atomic E-state index is 0.187. The van der Waals surface area contributed by atoms with Crippen LogP contribution in [0.2, 0.25) is 0 Å². The smallest absolute Gasteiger partial charge is 0.191 e. The highest BCUT2D eigenvalue weighted by Crippen LogP contribution is 2.29. The summed E-state index contributed by atoms with van der Waals surface area (Å²) in [5.41, 5.74) is 13.5. The number of nitrogens with one attached hydrogen (secondary N) is 1. The van der Waals surface area contributed by atoms with Crippen molar-refractivity contribution in [3.63, 3.8) is 0 Å². The van der Waals surface area contributed by atoms with Crippen LogP contribution < -0.4 is 16.8 Å². The van der Waals surface area contributed by atoms with Crippen LogP contribution in [0.3, 0.4) is 0 Å². The van der Waals surface area contributed by atoms with E-state index < -0.39 is 0 Å². The molecule has 0 spiro atoms. The molecule has 21 heavy (non-hydrogen) atoms. The van der Waals surface area contributed by atoms with E-state index in [-0.39, 0.29) is 12.6 Å². The Hall–Kier alpha value is -1.47. The molecule has 0 saturated carbocycles. The molecule has 1 aliphatic carbocycles. The number of rotatable bonds is 7. The first kappa shape index (κ1) is 15.9. The first-order valence-corrected chi connectivity index (χ1v) is 8.25. The highest BCUT2D eigenvalue weighted by atomic mass is 32.2. The van der Waals surface area contributed by atoms with Gasteiger partial charge >= 0.3 is 0 Å². The summed E-state index contributed by atoms with van der Waals surface area (Å²) in [6, 6.07) is 0.187. The Bertz CT molecular complexity index is 520. The quantitative estimate of drug-likeness (QED) is 0.346. The number of aliphatic hydroxyl groups excluding tert-OH is 1. The minimum Gasteiger partial charge on any atom is -0.396 e. The number of hydrogen-bond donors (Lipinski definition) is 4. The second kappa shape index (κ2) is 7.51. The maximum absolute atomic E-state index is 8.98. The van der Waals surface area contributed by atoms with Crippen molar-refractivity contribution in [1.82, 2.24) is 9.97 Å². The molecule has 2 rings (SSSR count). The Labute approximate surface area is 129 Å². The van der Waals surface area contributed by atoms with E-state index in [0.29, 0.717) is 22.5 Å². The van der Waals surface area contributed by atoms with Gasteiger partial charge in [-0.2, -0.15) is 0 Å². The fourth-order valence-corrected chi connectivity index (χ4v) is 2.97. The zero-order valence-electron chi connectivity index (χ0n) is 12.3. The Morgan fingerprint density at radius 1 is 1.43 bits per heavy atom. The third kappa shape index (κ3) is 4.25. The summed E-state index contributed by atoms with van der Waals surface area (Å²) in [6.45, 7) is 2.30. The number of aromatic nitrogens is 2. The van der Waals surface area contributed by atoms with E-state index in [9.17, 15) is 0 Å². The van der Waals surface area contributed by atoms with Gasteiger partial charge < -0.3 is 21.9 Å². The van der Waals surface area contributed by atoms with Crippen molar-refractivity contribution in [3.8, 4) is 0 Å². The minimum atomic E-state index is 0.187. The molecule has 0 fully saturated rings. The zero-order valence-corrected chi connectivity index (χ0v) is 13.1. The largest absolute Gasteiger partial charge is 0.396 e. The van der Waals surface area contributed by atoms with Gasteiger partial charge in [-0.1, -0.05) is 30.3 Å². The predicted molar refractivity (Wildman–Crippen MR) is 88.3 cm³/mol. The Morgan fingerprint density at radius 3 is 2.95 bits per heavy atom. The van der Waals surface area contributed by atoms with Crippen molar-refractivity contribution >= 4 is 29.1 Å². The molecule has 7 heteroatoms. The SMILES string of the molecule is CCCSc1nc(N)c(N)c(NC2C=C(CCO)CC2)n1. The second-order valence-electron chi connectivity index (χ2n) is 5.09. The van der Waals surface area contributed by atoms with Crippen LogP contribution in [-0.4, -0.2) is 33.5 Å². The normalized spacial score (nSPS) is 17.8. The monoisotopic (exact) mass is 309 g/mol. The third-order valence-electron chi connectivity index (χ3n) is 3.36. The first-order valence-electron chi connectivity index (χ1n) is 7.26. The maximum Gasteiger partial charge on any atom is 0.191 e. The Balaban J connectivity index is 2.10. The maximum atomic E-state index is 8.98. The van der Waals surface area contributed by atoms with Crippen LogP contribution in [0, 0.1) is 0 Å². The highest BCUT2D eigenvalue weighted by Gasteiger charge is 2.18. The Kier molecular flexibility index (Phi) is 5.69. The molecule has 0 amide bonds. The molecule has 0 saturated heterocycles. The number of aliphatic hydroxyl groups is 1. The molecular formula is C14H23N5OS. The van der Waals surface area contributed by atoms with E-state index in [4.69, 9.17) is 16.6 Å². The zero-order chi connectivity index (χ0) is 15.2. The molecule has 0 aliphatic heterocycles. The van der Waals surface area contributed by atoms with Crippen LogP contribution in [0.25, 0.3) is 0 Å². The molecule has 1 aromatic rings. The van der Waals surface area contributed by atoms with Gasteiger partial charge in [-0.3, -0.25) is 0 Å². The number of hydrogen-bond acceptors (Lipinski definition) is 7. The summed E-state index contributed by atoms with van der Waals surface area (Å²) in [5.74, 6) is 1.88.